The number of nitrogens with zero attached hydrogens (tertiary/aromatic N) is 6. The number of rotatable bonds is 7. The monoisotopic (exact) mass is 480 g/mol. The molecule has 0 saturated heterocycles. The van der Waals surface area contributed by atoms with Gasteiger partial charge >= 0.3 is 0 Å². The molecule has 0 fully saturated rings. The van der Waals surface area contributed by atoms with Crippen LogP contribution in [0.3, 0.4) is 0 Å². The van der Waals surface area contributed by atoms with Crippen molar-refractivity contribution in [1.82, 2.24) is 19.7 Å². The van der Waals surface area contributed by atoms with Crippen molar-refractivity contribution in [2.75, 3.05) is 4.90 Å². The summed E-state index contributed by atoms with van der Waals surface area (Å²) in [6.07, 6.45) is 3.15. The molecule has 1 amide bonds. The smallest absolute Gasteiger partial charge is 0.284 e. The summed E-state index contributed by atoms with van der Waals surface area (Å²) >= 11 is 7.11. The largest absolute Gasteiger partial charge is 0.311 e. The highest BCUT2D eigenvalue weighted by molar-refractivity contribution is 7.99. The van der Waals surface area contributed by atoms with Gasteiger partial charge in [0.05, 0.1) is 22.1 Å². The van der Waals surface area contributed by atoms with Gasteiger partial charge in [0.2, 0.25) is 0 Å². The lowest BCUT2D eigenvalue weighted by molar-refractivity contribution is -0.387. The summed E-state index contributed by atoms with van der Waals surface area (Å²) in [6, 6.07) is 16.6. The van der Waals surface area contributed by atoms with Crippen LogP contribution in [-0.4, -0.2) is 30.6 Å². The Morgan fingerprint density at radius 1 is 1.18 bits per heavy atom. The maximum absolute atomic E-state index is 13.5. The minimum atomic E-state index is -0.513. The topological polar surface area (TPSA) is 107 Å². The molecule has 166 valence electrons. The molecule has 2 aromatic carbocycles. The third-order valence-corrected chi connectivity index (χ3v) is 6.07. The van der Waals surface area contributed by atoms with Crippen molar-refractivity contribution >= 4 is 40.6 Å². The number of pyridine rings is 1. The highest BCUT2D eigenvalue weighted by atomic mass is 35.5. The van der Waals surface area contributed by atoms with E-state index in [1.165, 1.54) is 17.3 Å². The molecule has 0 aliphatic rings. The number of halogens is 1. The van der Waals surface area contributed by atoms with Gasteiger partial charge in [-0.15, -0.1) is 10.2 Å². The Hall–Kier alpha value is -3.76. The van der Waals surface area contributed by atoms with E-state index < -0.39 is 10.8 Å². The van der Waals surface area contributed by atoms with Crippen LogP contribution in [-0.2, 0) is 13.6 Å². The van der Waals surface area contributed by atoms with Crippen LogP contribution in [0.15, 0.2) is 83.2 Å². The number of carbonyl (C=O) groups excluding carboxylic acids is 1. The highest BCUT2D eigenvalue weighted by Gasteiger charge is 2.24. The Kier molecular flexibility index (Phi) is 6.66. The summed E-state index contributed by atoms with van der Waals surface area (Å²) in [7, 11) is 1.74. The summed E-state index contributed by atoms with van der Waals surface area (Å²) in [5.74, 6) is -0.402. The lowest BCUT2D eigenvalue weighted by Crippen LogP contribution is -2.30. The van der Waals surface area contributed by atoms with Crippen molar-refractivity contribution in [3.63, 3.8) is 0 Å². The SMILES string of the molecule is Cn1cnnc1Sc1ccc(C(=O)N(Cc2ccccn2)c2ccc(Cl)cc2)cc1[N+](=O)[O-]. The maximum atomic E-state index is 13.5. The number of hydrogen-bond acceptors (Lipinski definition) is 7. The zero-order valence-electron chi connectivity index (χ0n) is 17.3. The number of anilines is 1. The van der Waals surface area contributed by atoms with E-state index in [1.54, 1.807) is 66.3 Å². The van der Waals surface area contributed by atoms with E-state index in [0.29, 0.717) is 26.5 Å². The van der Waals surface area contributed by atoms with Crippen molar-refractivity contribution in [2.45, 2.75) is 16.6 Å². The Morgan fingerprint density at radius 2 is 1.97 bits per heavy atom. The zero-order valence-corrected chi connectivity index (χ0v) is 18.9. The third kappa shape index (κ3) is 5.18. The van der Waals surface area contributed by atoms with Crippen LogP contribution in [0, 0.1) is 10.1 Å². The minimum absolute atomic E-state index is 0.176. The first-order valence-corrected chi connectivity index (χ1v) is 10.9. The first kappa shape index (κ1) is 22.4. The molecule has 0 aliphatic heterocycles. The molecule has 4 aromatic rings. The molecule has 33 heavy (non-hydrogen) atoms. The predicted octanol–water partition coefficient (Wildman–Crippen LogP) is 4.77. The number of carbonyl (C=O) groups is 1. The normalized spacial score (nSPS) is 10.7. The maximum Gasteiger partial charge on any atom is 0.284 e. The van der Waals surface area contributed by atoms with Gasteiger partial charge < -0.3 is 9.47 Å². The fraction of sp³-hybridized carbons (Fsp3) is 0.0909. The predicted molar refractivity (Wildman–Crippen MR) is 124 cm³/mol. The van der Waals surface area contributed by atoms with Crippen molar-refractivity contribution in [3.05, 3.63) is 99.6 Å². The van der Waals surface area contributed by atoms with Gasteiger partial charge in [-0.3, -0.25) is 19.9 Å². The highest BCUT2D eigenvalue weighted by Crippen LogP contribution is 2.35. The number of aryl methyl sites for hydroxylation is 1. The van der Waals surface area contributed by atoms with Crippen LogP contribution in [0.2, 0.25) is 5.02 Å². The number of hydrogen-bond donors (Lipinski definition) is 0. The molecular weight excluding hydrogens is 464 g/mol. The lowest BCUT2D eigenvalue weighted by Gasteiger charge is -2.23. The van der Waals surface area contributed by atoms with E-state index >= 15 is 0 Å². The van der Waals surface area contributed by atoms with Gasteiger partial charge in [-0.25, -0.2) is 0 Å². The molecule has 2 heterocycles. The number of benzene rings is 2. The van der Waals surface area contributed by atoms with Crippen molar-refractivity contribution in [2.24, 2.45) is 7.05 Å². The molecule has 0 bridgehead atoms. The van der Waals surface area contributed by atoms with E-state index in [9.17, 15) is 14.9 Å². The van der Waals surface area contributed by atoms with E-state index in [2.05, 4.69) is 15.2 Å². The number of nitro groups is 1. The Balaban J connectivity index is 1.70. The van der Waals surface area contributed by atoms with E-state index in [-0.39, 0.29) is 17.8 Å². The average Bonchev–Trinajstić information content (AvgIpc) is 3.23. The van der Waals surface area contributed by atoms with Crippen LogP contribution in [0.4, 0.5) is 11.4 Å². The third-order valence-electron chi connectivity index (χ3n) is 4.70. The zero-order chi connectivity index (χ0) is 23.4. The van der Waals surface area contributed by atoms with Crippen LogP contribution in [0.25, 0.3) is 0 Å². The molecule has 0 radical (unpaired) electrons. The van der Waals surface area contributed by atoms with Gasteiger partial charge in [-0.1, -0.05) is 17.7 Å². The second-order valence-electron chi connectivity index (χ2n) is 6.95. The van der Waals surface area contributed by atoms with Crippen molar-refractivity contribution < 1.29 is 9.72 Å². The Labute approximate surface area is 198 Å². The molecule has 0 atom stereocenters. The Morgan fingerprint density at radius 3 is 2.61 bits per heavy atom. The first-order chi connectivity index (χ1) is 15.9. The lowest BCUT2D eigenvalue weighted by atomic mass is 10.1. The number of amides is 1. The average molecular weight is 481 g/mol. The van der Waals surface area contributed by atoms with Gasteiger partial charge in [-0.2, -0.15) is 0 Å². The van der Waals surface area contributed by atoms with Gasteiger partial charge in [0.25, 0.3) is 11.6 Å². The van der Waals surface area contributed by atoms with Gasteiger partial charge in [-0.05, 0) is 60.3 Å². The molecule has 0 unspecified atom stereocenters. The molecule has 4 rings (SSSR count). The molecule has 0 saturated carbocycles. The van der Waals surface area contributed by atoms with Gasteiger partial charge in [0, 0.05) is 35.6 Å². The molecule has 0 spiro atoms. The van der Waals surface area contributed by atoms with Crippen molar-refractivity contribution in [1.29, 1.82) is 0 Å². The van der Waals surface area contributed by atoms with E-state index in [1.807, 2.05) is 6.07 Å². The molecule has 0 N–H and O–H groups in total. The summed E-state index contributed by atoms with van der Waals surface area (Å²) in [5.41, 5.74) is 1.25. The molecule has 2 aromatic heterocycles. The molecular formula is C22H17ClN6O3S. The Bertz CT molecular complexity index is 1300. The second kappa shape index (κ2) is 9.80. The molecule has 11 heteroatoms. The van der Waals surface area contributed by atoms with E-state index in [0.717, 1.165) is 11.8 Å². The van der Waals surface area contributed by atoms with Gasteiger partial charge in [0.1, 0.15) is 6.33 Å². The summed E-state index contributed by atoms with van der Waals surface area (Å²) in [6.45, 7) is 0.185. The molecule has 0 aliphatic carbocycles. The molecule has 9 nitrogen and oxygen atoms in total. The quantitative estimate of drug-likeness (QED) is 0.277. The van der Waals surface area contributed by atoms with Crippen LogP contribution < -0.4 is 4.90 Å². The second-order valence-corrected chi connectivity index (χ2v) is 8.40. The van der Waals surface area contributed by atoms with Crippen LogP contribution in [0.5, 0.6) is 0 Å². The fourth-order valence-corrected chi connectivity index (χ4v) is 4.03. The standard InChI is InChI=1S/C22H17ClN6O3S/c1-27-14-25-26-22(27)33-20-10-5-15(12-19(20)29(31)32)21(30)28(13-17-4-2-3-11-24-17)18-8-6-16(23)7-9-18/h2-12,14H,13H2,1H3. The summed E-state index contributed by atoms with van der Waals surface area (Å²) in [4.78, 5) is 30.9. The van der Waals surface area contributed by atoms with Crippen LogP contribution >= 0.6 is 23.4 Å². The minimum Gasteiger partial charge on any atom is -0.311 e. The van der Waals surface area contributed by atoms with Crippen LogP contribution in [0.1, 0.15) is 16.1 Å². The van der Waals surface area contributed by atoms with Crippen molar-refractivity contribution in [3.8, 4) is 0 Å². The number of aromatic nitrogens is 4. The summed E-state index contributed by atoms with van der Waals surface area (Å²) < 4.78 is 1.66. The van der Waals surface area contributed by atoms with Gasteiger partial charge in [0.15, 0.2) is 5.16 Å². The first-order valence-electron chi connectivity index (χ1n) is 9.70. The fourth-order valence-electron chi connectivity index (χ4n) is 3.05. The number of nitro benzene ring substituents is 1. The van der Waals surface area contributed by atoms with E-state index in [4.69, 9.17) is 11.6 Å². The summed E-state index contributed by atoms with van der Waals surface area (Å²) in [5, 5.41) is 20.5.